The molecule has 0 spiro atoms. The number of nitrogens with two attached hydrogens (primary N) is 1. The minimum absolute atomic E-state index is 0.0174. The van der Waals surface area contributed by atoms with E-state index < -0.39 is 0 Å². The lowest BCUT2D eigenvalue weighted by Gasteiger charge is -2.09. The summed E-state index contributed by atoms with van der Waals surface area (Å²) >= 11 is 0. The fourth-order valence-electron chi connectivity index (χ4n) is 2.49. The number of para-hydroxylation sites is 1. The van der Waals surface area contributed by atoms with Gasteiger partial charge in [-0.1, -0.05) is 42.5 Å². The third-order valence-electron chi connectivity index (χ3n) is 3.60. The zero-order valence-electron chi connectivity index (χ0n) is 11.3. The first-order valence-corrected chi connectivity index (χ1v) is 6.60. The van der Waals surface area contributed by atoms with Crippen LogP contribution in [-0.2, 0) is 6.42 Å². The van der Waals surface area contributed by atoms with Crippen molar-refractivity contribution in [2.24, 2.45) is 0 Å². The Balaban J connectivity index is 2.20. The molecule has 1 aromatic heterocycles. The van der Waals surface area contributed by atoms with Crippen LogP contribution in [0, 0.1) is 6.92 Å². The molecule has 2 aromatic carbocycles. The number of pyridine rings is 1. The molecule has 0 bridgehead atoms. The highest BCUT2D eigenvalue weighted by Crippen LogP contribution is 2.18. The first-order chi connectivity index (χ1) is 9.66. The number of H-pyrrole nitrogens is 1. The van der Waals surface area contributed by atoms with E-state index in [9.17, 15) is 4.79 Å². The van der Waals surface area contributed by atoms with Crippen molar-refractivity contribution >= 4 is 16.7 Å². The SMILES string of the molecule is Cc1cccc2c(=O)c(Cc3ccccc3)c(N)[nH]c12. The lowest BCUT2D eigenvalue weighted by atomic mass is 10.0. The van der Waals surface area contributed by atoms with Crippen LogP contribution in [0.1, 0.15) is 16.7 Å². The van der Waals surface area contributed by atoms with Crippen molar-refractivity contribution in [3.8, 4) is 0 Å². The van der Waals surface area contributed by atoms with E-state index in [-0.39, 0.29) is 5.43 Å². The van der Waals surface area contributed by atoms with Gasteiger partial charge in [0.25, 0.3) is 0 Å². The molecule has 3 N–H and O–H groups in total. The molecule has 3 aromatic rings. The standard InChI is InChI=1S/C17H16N2O/c1-11-6-5-9-13-15(11)19-17(18)14(16(13)20)10-12-7-3-2-4-8-12/h2-9H,10H2,1H3,(H3,18,19,20). The molecule has 20 heavy (non-hydrogen) atoms. The average molecular weight is 264 g/mol. The summed E-state index contributed by atoms with van der Waals surface area (Å²) in [6.07, 6.45) is 0.548. The van der Waals surface area contributed by atoms with Gasteiger partial charge in [0.05, 0.1) is 5.52 Å². The summed E-state index contributed by atoms with van der Waals surface area (Å²) in [6, 6.07) is 15.6. The predicted octanol–water partition coefficient (Wildman–Crippen LogP) is 3.01. The number of benzene rings is 2. The fourth-order valence-corrected chi connectivity index (χ4v) is 2.49. The van der Waals surface area contributed by atoms with E-state index in [4.69, 9.17) is 5.73 Å². The molecule has 0 atom stereocenters. The molecule has 0 amide bonds. The van der Waals surface area contributed by atoms with Gasteiger partial charge in [-0.05, 0) is 24.1 Å². The molecule has 100 valence electrons. The molecule has 1 heterocycles. The number of aromatic amines is 1. The first kappa shape index (κ1) is 12.5. The Bertz CT molecular complexity index is 820. The second-order valence-electron chi connectivity index (χ2n) is 5.01. The molecule has 0 aliphatic heterocycles. The van der Waals surface area contributed by atoms with Crippen molar-refractivity contribution in [3.05, 3.63) is 75.4 Å². The molecule has 3 nitrogen and oxygen atoms in total. The second kappa shape index (κ2) is 4.85. The van der Waals surface area contributed by atoms with E-state index in [2.05, 4.69) is 4.98 Å². The van der Waals surface area contributed by atoms with E-state index >= 15 is 0 Å². The molecule has 0 fully saturated rings. The minimum Gasteiger partial charge on any atom is -0.385 e. The molecular formula is C17H16N2O. The van der Waals surface area contributed by atoms with Crippen LogP contribution in [0.25, 0.3) is 10.9 Å². The van der Waals surface area contributed by atoms with Gasteiger partial charge in [0, 0.05) is 17.4 Å². The van der Waals surface area contributed by atoms with Gasteiger partial charge in [-0.3, -0.25) is 4.79 Å². The number of aromatic nitrogens is 1. The maximum atomic E-state index is 12.6. The number of anilines is 1. The highest BCUT2D eigenvalue weighted by Gasteiger charge is 2.11. The van der Waals surface area contributed by atoms with E-state index in [1.165, 1.54) is 0 Å². The number of hydrogen-bond donors (Lipinski definition) is 2. The van der Waals surface area contributed by atoms with E-state index in [1.54, 1.807) is 0 Å². The highest BCUT2D eigenvalue weighted by atomic mass is 16.1. The minimum atomic E-state index is 0.0174. The normalized spacial score (nSPS) is 10.8. The van der Waals surface area contributed by atoms with Crippen molar-refractivity contribution in [1.82, 2.24) is 4.98 Å². The van der Waals surface area contributed by atoms with Gasteiger partial charge >= 0.3 is 0 Å². The summed E-state index contributed by atoms with van der Waals surface area (Å²) in [7, 11) is 0. The summed E-state index contributed by atoms with van der Waals surface area (Å²) in [4.78, 5) is 15.8. The average Bonchev–Trinajstić information content (AvgIpc) is 2.46. The van der Waals surface area contributed by atoms with E-state index in [0.29, 0.717) is 23.2 Å². The number of nitrogen functional groups attached to an aromatic ring is 1. The Morgan fingerprint density at radius 2 is 1.80 bits per heavy atom. The summed E-state index contributed by atoms with van der Waals surface area (Å²) in [5.41, 5.74) is 9.63. The summed E-state index contributed by atoms with van der Waals surface area (Å²) in [5, 5.41) is 0.699. The fraction of sp³-hybridized carbons (Fsp3) is 0.118. The van der Waals surface area contributed by atoms with Gasteiger partial charge < -0.3 is 10.7 Å². The lowest BCUT2D eigenvalue weighted by molar-refractivity contribution is 1.15. The van der Waals surface area contributed by atoms with Crippen LogP contribution in [0.2, 0.25) is 0 Å². The molecule has 0 saturated carbocycles. The van der Waals surface area contributed by atoms with E-state index in [1.807, 2.05) is 55.5 Å². The van der Waals surface area contributed by atoms with Crippen molar-refractivity contribution < 1.29 is 0 Å². The smallest absolute Gasteiger partial charge is 0.195 e. The molecule has 0 aliphatic carbocycles. The zero-order chi connectivity index (χ0) is 14.1. The topological polar surface area (TPSA) is 58.9 Å². The van der Waals surface area contributed by atoms with Gasteiger partial charge in [0.1, 0.15) is 5.82 Å². The maximum absolute atomic E-state index is 12.6. The van der Waals surface area contributed by atoms with Crippen LogP contribution < -0.4 is 11.2 Å². The van der Waals surface area contributed by atoms with Crippen molar-refractivity contribution in [1.29, 1.82) is 0 Å². The van der Waals surface area contributed by atoms with Crippen molar-refractivity contribution in [2.75, 3.05) is 5.73 Å². The predicted molar refractivity (Wildman–Crippen MR) is 83.0 cm³/mol. The van der Waals surface area contributed by atoms with Crippen LogP contribution in [-0.4, -0.2) is 4.98 Å². The third kappa shape index (κ3) is 2.07. The lowest BCUT2D eigenvalue weighted by Crippen LogP contribution is -2.15. The molecule has 0 aliphatic rings. The Labute approximate surface area is 117 Å². The quantitative estimate of drug-likeness (QED) is 0.747. The summed E-state index contributed by atoms with van der Waals surface area (Å²) in [6.45, 7) is 1.97. The molecule has 3 heteroatoms. The zero-order valence-corrected chi connectivity index (χ0v) is 11.3. The van der Waals surface area contributed by atoms with Gasteiger partial charge in [0.15, 0.2) is 5.43 Å². The maximum Gasteiger partial charge on any atom is 0.195 e. The molecular weight excluding hydrogens is 248 g/mol. The van der Waals surface area contributed by atoms with Gasteiger partial charge in [0.2, 0.25) is 0 Å². The van der Waals surface area contributed by atoms with Crippen LogP contribution in [0.15, 0.2) is 53.3 Å². The largest absolute Gasteiger partial charge is 0.385 e. The number of fused-ring (bicyclic) bond motifs is 1. The number of rotatable bonds is 2. The molecule has 0 unspecified atom stereocenters. The Morgan fingerprint density at radius 1 is 1.05 bits per heavy atom. The molecule has 0 radical (unpaired) electrons. The Kier molecular flexibility index (Phi) is 3.03. The summed E-state index contributed by atoms with van der Waals surface area (Å²) in [5.74, 6) is 0.459. The monoisotopic (exact) mass is 264 g/mol. The van der Waals surface area contributed by atoms with Gasteiger partial charge in [-0.15, -0.1) is 0 Å². The van der Waals surface area contributed by atoms with Crippen LogP contribution in [0.5, 0.6) is 0 Å². The third-order valence-corrected chi connectivity index (χ3v) is 3.60. The number of hydrogen-bond acceptors (Lipinski definition) is 2. The molecule has 0 saturated heterocycles. The Hall–Kier alpha value is -2.55. The van der Waals surface area contributed by atoms with E-state index in [0.717, 1.165) is 16.6 Å². The summed E-state index contributed by atoms with van der Waals surface area (Å²) < 4.78 is 0. The number of nitrogens with one attached hydrogen (secondary N) is 1. The van der Waals surface area contributed by atoms with Crippen LogP contribution in [0.3, 0.4) is 0 Å². The second-order valence-corrected chi connectivity index (χ2v) is 5.01. The highest BCUT2D eigenvalue weighted by molar-refractivity contribution is 5.84. The van der Waals surface area contributed by atoms with Crippen LogP contribution >= 0.6 is 0 Å². The van der Waals surface area contributed by atoms with Crippen molar-refractivity contribution in [3.63, 3.8) is 0 Å². The van der Waals surface area contributed by atoms with Gasteiger partial charge in [-0.25, -0.2) is 0 Å². The first-order valence-electron chi connectivity index (χ1n) is 6.60. The van der Waals surface area contributed by atoms with Gasteiger partial charge in [-0.2, -0.15) is 0 Å². The molecule has 3 rings (SSSR count). The number of aryl methyl sites for hydroxylation is 1. The van der Waals surface area contributed by atoms with Crippen LogP contribution in [0.4, 0.5) is 5.82 Å². The Morgan fingerprint density at radius 3 is 2.55 bits per heavy atom. The van der Waals surface area contributed by atoms with Crippen molar-refractivity contribution in [2.45, 2.75) is 13.3 Å².